The largest absolute Gasteiger partial charge is 0.493 e. The third kappa shape index (κ3) is 5.05. The van der Waals surface area contributed by atoms with E-state index in [1.54, 1.807) is 19.2 Å². The molecule has 0 fully saturated rings. The molecule has 1 amide bonds. The number of methoxy groups -OCH3 is 1. The second-order valence-electron chi connectivity index (χ2n) is 9.18. The zero-order valence-corrected chi connectivity index (χ0v) is 21.2. The van der Waals surface area contributed by atoms with Crippen molar-refractivity contribution in [3.63, 3.8) is 0 Å². The number of ketones is 1. The van der Waals surface area contributed by atoms with Crippen molar-refractivity contribution in [3.05, 3.63) is 86.8 Å². The average Bonchev–Trinajstić information content (AvgIpc) is 2.88. The number of nitrogens with one attached hydrogen (secondary N) is 1. The van der Waals surface area contributed by atoms with Gasteiger partial charge in [0.2, 0.25) is 0 Å². The molecule has 0 saturated heterocycles. The molecule has 1 aliphatic carbocycles. The normalized spacial score (nSPS) is 12.9. The van der Waals surface area contributed by atoms with Gasteiger partial charge in [0.25, 0.3) is 11.5 Å². The summed E-state index contributed by atoms with van der Waals surface area (Å²) in [7, 11) is 1.56. The quantitative estimate of drug-likeness (QED) is 0.491. The van der Waals surface area contributed by atoms with Gasteiger partial charge in [-0.1, -0.05) is 32.0 Å². The number of ether oxygens (including phenoxy) is 2. The summed E-state index contributed by atoms with van der Waals surface area (Å²) in [6, 6.07) is 14.6. The molecule has 1 N–H and O–H groups in total. The second-order valence-corrected chi connectivity index (χ2v) is 9.18. The maximum Gasteiger partial charge on any atom is 0.268 e. The molecule has 2 aromatic carbocycles. The van der Waals surface area contributed by atoms with Gasteiger partial charge in [-0.15, -0.1) is 0 Å². The molecule has 7 nitrogen and oxygen atoms in total. The lowest BCUT2D eigenvalue weighted by Crippen LogP contribution is -2.36. The van der Waals surface area contributed by atoms with E-state index in [4.69, 9.17) is 9.47 Å². The van der Waals surface area contributed by atoms with Crippen LogP contribution in [0.15, 0.2) is 53.3 Å². The van der Waals surface area contributed by atoms with Gasteiger partial charge in [0.1, 0.15) is 5.56 Å². The maximum atomic E-state index is 13.6. The first-order chi connectivity index (χ1) is 17.3. The highest BCUT2D eigenvalue weighted by Gasteiger charge is 2.26. The number of fused-ring (bicyclic) bond motifs is 1. The highest BCUT2D eigenvalue weighted by atomic mass is 16.5. The molecule has 36 heavy (non-hydrogen) atoms. The summed E-state index contributed by atoms with van der Waals surface area (Å²) >= 11 is 0. The number of benzene rings is 2. The fourth-order valence-electron chi connectivity index (χ4n) is 4.51. The van der Waals surface area contributed by atoms with Crippen LogP contribution in [0.1, 0.15) is 77.1 Å². The first-order valence-electron chi connectivity index (χ1n) is 12.3. The van der Waals surface area contributed by atoms with Crippen LogP contribution < -0.4 is 20.3 Å². The Bertz CT molecular complexity index is 1340. The molecule has 4 rings (SSSR count). The van der Waals surface area contributed by atoms with Crippen LogP contribution in [0.3, 0.4) is 0 Å². The van der Waals surface area contributed by atoms with Crippen molar-refractivity contribution >= 4 is 11.7 Å². The number of pyridine rings is 1. The van der Waals surface area contributed by atoms with Crippen molar-refractivity contribution in [2.75, 3.05) is 13.7 Å². The van der Waals surface area contributed by atoms with Crippen LogP contribution in [-0.4, -0.2) is 30.0 Å². The minimum atomic E-state index is -0.526. The van der Waals surface area contributed by atoms with Crippen molar-refractivity contribution < 1.29 is 19.1 Å². The van der Waals surface area contributed by atoms with Gasteiger partial charge in [-0.3, -0.25) is 19.0 Å². The van der Waals surface area contributed by atoms with E-state index in [1.165, 1.54) is 10.6 Å². The summed E-state index contributed by atoms with van der Waals surface area (Å²) in [5, 5.41) is 2.82. The Labute approximate surface area is 211 Å². The Morgan fingerprint density at radius 3 is 2.44 bits per heavy atom. The molecule has 0 saturated carbocycles. The lowest BCUT2D eigenvalue weighted by molar-refractivity contribution is 0.0949. The van der Waals surface area contributed by atoms with Gasteiger partial charge in [-0.05, 0) is 67.1 Å². The topological polar surface area (TPSA) is 86.6 Å². The molecule has 0 unspecified atom stereocenters. The van der Waals surface area contributed by atoms with Gasteiger partial charge in [0.05, 0.1) is 13.7 Å². The lowest BCUT2D eigenvalue weighted by Gasteiger charge is -2.22. The van der Waals surface area contributed by atoms with Crippen LogP contribution in [0, 0.1) is 0 Å². The van der Waals surface area contributed by atoms with E-state index < -0.39 is 11.5 Å². The summed E-state index contributed by atoms with van der Waals surface area (Å²) in [4.78, 5) is 39.5. The monoisotopic (exact) mass is 488 g/mol. The number of rotatable bonds is 8. The molecule has 7 heteroatoms. The van der Waals surface area contributed by atoms with E-state index in [9.17, 15) is 14.4 Å². The summed E-state index contributed by atoms with van der Waals surface area (Å²) in [5.41, 5.74) is 3.24. The van der Waals surface area contributed by atoms with Crippen molar-refractivity contribution in [1.29, 1.82) is 0 Å². The van der Waals surface area contributed by atoms with E-state index in [-0.39, 0.29) is 17.9 Å². The summed E-state index contributed by atoms with van der Waals surface area (Å²) in [5.74, 6) is 0.963. The van der Waals surface area contributed by atoms with Crippen molar-refractivity contribution in [2.24, 2.45) is 0 Å². The second kappa shape index (κ2) is 10.8. The Morgan fingerprint density at radius 1 is 1.03 bits per heavy atom. The standard InChI is InChI=1S/C29H32N2O5/c1-5-36-26-14-9-19(15-27(26)35-4)17-30-28(33)23-16-22-24(7-6-8-25(22)32)31(29(23)34)21-12-10-20(11-13-21)18(2)3/h9-16,18H,5-8,17H2,1-4H3,(H,30,33). The van der Waals surface area contributed by atoms with Crippen LogP contribution in [0.5, 0.6) is 11.5 Å². The maximum absolute atomic E-state index is 13.6. The molecule has 1 aliphatic rings. The van der Waals surface area contributed by atoms with E-state index in [2.05, 4.69) is 19.2 Å². The van der Waals surface area contributed by atoms with Gasteiger partial charge in [0.15, 0.2) is 17.3 Å². The van der Waals surface area contributed by atoms with Gasteiger partial charge >= 0.3 is 0 Å². The minimum Gasteiger partial charge on any atom is -0.493 e. The third-order valence-electron chi connectivity index (χ3n) is 6.46. The number of hydrogen-bond acceptors (Lipinski definition) is 5. The molecule has 1 heterocycles. The predicted octanol–water partition coefficient (Wildman–Crippen LogP) is 4.82. The first kappa shape index (κ1) is 25.2. The number of aromatic nitrogens is 1. The van der Waals surface area contributed by atoms with Gasteiger partial charge in [0, 0.05) is 29.9 Å². The van der Waals surface area contributed by atoms with Gasteiger partial charge in [-0.25, -0.2) is 0 Å². The molecule has 0 spiro atoms. The van der Waals surface area contributed by atoms with E-state index in [0.717, 1.165) is 11.1 Å². The summed E-state index contributed by atoms with van der Waals surface area (Å²) in [6.07, 6.45) is 1.70. The van der Waals surface area contributed by atoms with Crippen LogP contribution in [-0.2, 0) is 13.0 Å². The average molecular weight is 489 g/mol. The number of nitrogens with zero attached hydrogens (tertiary/aromatic N) is 1. The molecular weight excluding hydrogens is 456 g/mol. The predicted molar refractivity (Wildman–Crippen MR) is 139 cm³/mol. The van der Waals surface area contributed by atoms with Crippen LogP contribution >= 0.6 is 0 Å². The van der Waals surface area contributed by atoms with Crippen molar-refractivity contribution in [1.82, 2.24) is 9.88 Å². The number of hydrogen-bond donors (Lipinski definition) is 1. The number of amides is 1. The third-order valence-corrected chi connectivity index (χ3v) is 6.46. The Kier molecular flexibility index (Phi) is 7.58. The van der Waals surface area contributed by atoms with E-state index >= 15 is 0 Å². The minimum absolute atomic E-state index is 0.0464. The Balaban J connectivity index is 1.68. The molecule has 3 aromatic rings. The smallest absolute Gasteiger partial charge is 0.268 e. The van der Waals surface area contributed by atoms with Crippen LogP contribution in [0.2, 0.25) is 0 Å². The summed E-state index contributed by atoms with van der Waals surface area (Å²) in [6.45, 7) is 6.80. The highest BCUT2D eigenvalue weighted by Crippen LogP contribution is 2.28. The Hall–Kier alpha value is -3.87. The van der Waals surface area contributed by atoms with Crippen molar-refractivity contribution in [3.8, 4) is 17.2 Å². The van der Waals surface area contributed by atoms with Gasteiger partial charge in [-0.2, -0.15) is 0 Å². The molecule has 0 aliphatic heterocycles. The Morgan fingerprint density at radius 2 is 1.78 bits per heavy atom. The fraction of sp³-hybridized carbons (Fsp3) is 0.345. The first-order valence-corrected chi connectivity index (χ1v) is 12.3. The van der Waals surface area contributed by atoms with Crippen molar-refractivity contribution in [2.45, 2.75) is 52.5 Å². The van der Waals surface area contributed by atoms with E-state index in [0.29, 0.717) is 60.2 Å². The number of Topliss-reactive ketones (excluding diaryl/α,β-unsaturated/α-hetero) is 1. The summed E-state index contributed by atoms with van der Waals surface area (Å²) < 4.78 is 12.5. The molecule has 0 atom stereocenters. The molecular formula is C29H32N2O5. The highest BCUT2D eigenvalue weighted by molar-refractivity contribution is 6.02. The molecule has 0 radical (unpaired) electrons. The zero-order valence-electron chi connectivity index (χ0n) is 21.2. The fourth-order valence-corrected chi connectivity index (χ4v) is 4.51. The van der Waals surface area contributed by atoms with E-state index in [1.807, 2.05) is 37.3 Å². The van der Waals surface area contributed by atoms with Crippen LogP contribution in [0.4, 0.5) is 0 Å². The molecule has 0 bridgehead atoms. The SMILES string of the molecule is CCOc1ccc(CNC(=O)c2cc3c(n(-c4ccc(C(C)C)cc4)c2=O)CCCC3=O)cc1OC. The lowest BCUT2D eigenvalue weighted by atomic mass is 9.92. The molecule has 1 aromatic heterocycles. The number of carbonyl (C=O) groups is 2. The van der Waals surface area contributed by atoms with Gasteiger partial charge < -0.3 is 14.8 Å². The number of carbonyl (C=O) groups excluding carboxylic acids is 2. The zero-order chi connectivity index (χ0) is 25.8. The van der Waals surface area contributed by atoms with Crippen LogP contribution in [0.25, 0.3) is 5.69 Å². The molecule has 188 valence electrons.